The molecule has 8 heteroatoms. The summed E-state index contributed by atoms with van der Waals surface area (Å²) in [6.07, 6.45) is 14.3. The maximum atomic E-state index is 6.22. The molecule has 1 saturated carbocycles. The Morgan fingerprint density at radius 3 is 2.73 bits per heavy atom. The minimum Gasteiger partial charge on any atom is -0.491 e. The highest BCUT2D eigenvalue weighted by molar-refractivity contribution is 5.71. The van der Waals surface area contributed by atoms with E-state index in [0.717, 1.165) is 98.0 Å². The average Bonchev–Trinajstić information content (AvgIpc) is 3.83. The molecule has 3 aliphatic heterocycles. The number of allylic oxidation sites excluding steroid dienone is 2. The molecule has 0 unspecified atom stereocenters. The van der Waals surface area contributed by atoms with E-state index in [9.17, 15) is 0 Å². The second-order valence-electron chi connectivity index (χ2n) is 12.2. The van der Waals surface area contributed by atoms with Gasteiger partial charge >= 0.3 is 0 Å². The fraction of sp³-hybridized carbons (Fsp3) is 0.485. The molecule has 2 N–H and O–H groups in total. The van der Waals surface area contributed by atoms with Crippen molar-refractivity contribution in [3.8, 4) is 16.9 Å². The number of nitrogens with zero attached hydrogens (tertiary/aromatic N) is 5. The van der Waals surface area contributed by atoms with Gasteiger partial charge in [-0.05, 0) is 102 Å². The number of aryl methyl sites for hydroxylation is 1. The van der Waals surface area contributed by atoms with Crippen LogP contribution in [0.15, 0.2) is 48.6 Å². The van der Waals surface area contributed by atoms with Crippen molar-refractivity contribution in [1.29, 1.82) is 0 Å². The molecule has 3 aromatic rings. The van der Waals surface area contributed by atoms with Crippen molar-refractivity contribution in [3.05, 3.63) is 65.4 Å². The number of benzene rings is 1. The summed E-state index contributed by atoms with van der Waals surface area (Å²) in [5.74, 6) is 3.57. The highest BCUT2D eigenvalue weighted by Gasteiger charge is 2.27. The Bertz CT molecular complexity index is 1440. The van der Waals surface area contributed by atoms with Gasteiger partial charge < -0.3 is 25.2 Å². The van der Waals surface area contributed by atoms with Crippen LogP contribution in [0.25, 0.3) is 11.1 Å². The van der Waals surface area contributed by atoms with E-state index in [0.29, 0.717) is 18.6 Å². The number of hydrogen-bond donors (Lipinski definition) is 2. The largest absolute Gasteiger partial charge is 0.491 e. The summed E-state index contributed by atoms with van der Waals surface area (Å²) in [5, 5.41) is 7.47. The lowest BCUT2D eigenvalue weighted by molar-refractivity contribution is 0.263. The molecule has 0 spiro atoms. The van der Waals surface area contributed by atoms with Crippen molar-refractivity contribution >= 4 is 17.3 Å². The van der Waals surface area contributed by atoms with Gasteiger partial charge in [0.05, 0.1) is 17.9 Å². The van der Waals surface area contributed by atoms with Gasteiger partial charge in [0.2, 0.25) is 0 Å². The van der Waals surface area contributed by atoms with Crippen molar-refractivity contribution in [2.24, 2.45) is 5.92 Å². The lowest BCUT2D eigenvalue weighted by atomic mass is 10.0. The summed E-state index contributed by atoms with van der Waals surface area (Å²) in [7, 11) is 2.19. The normalized spacial score (nSPS) is 21.2. The predicted molar refractivity (Wildman–Crippen MR) is 164 cm³/mol. The smallest absolute Gasteiger partial charge is 0.137 e. The van der Waals surface area contributed by atoms with Crippen LogP contribution in [0, 0.1) is 12.8 Å². The van der Waals surface area contributed by atoms with E-state index < -0.39 is 0 Å². The Hall–Kier alpha value is -3.65. The fourth-order valence-electron chi connectivity index (χ4n) is 6.36. The number of anilines is 3. The zero-order chi connectivity index (χ0) is 27.8. The predicted octanol–water partition coefficient (Wildman–Crippen LogP) is 5.79. The summed E-state index contributed by atoms with van der Waals surface area (Å²) in [4.78, 5) is 19.0. The molecule has 1 aliphatic carbocycles. The Labute approximate surface area is 243 Å². The van der Waals surface area contributed by atoms with Gasteiger partial charge in [-0.3, -0.25) is 4.98 Å². The second-order valence-corrected chi connectivity index (χ2v) is 12.2. The number of hydrogen-bond acceptors (Lipinski definition) is 8. The van der Waals surface area contributed by atoms with E-state index in [1.165, 1.54) is 29.8 Å². The SMILES string of the molecule is Cc1c(NC2CCN(C)CC2)ncnc1N1CCOc2ccc(-c3cnc4c(c3)N/C(C3CC3)=C/CCC4)cc2C1. The van der Waals surface area contributed by atoms with E-state index in [4.69, 9.17) is 14.7 Å². The Kier molecular flexibility index (Phi) is 7.25. The van der Waals surface area contributed by atoms with Crippen molar-refractivity contribution < 1.29 is 4.74 Å². The first-order valence-corrected chi connectivity index (χ1v) is 15.3. The number of ether oxygens (including phenoxy) is 1. The number of aromatic nitrogens is 3. The third-order valence-electron chi connectivity index (χ3n) is 9.04. The number of pyridine rings is 1. The topological polar surface area (TPSA) is 78.4 Å². The van der Waals surface area contributed by atoms with Crippen LogP contribution in [-0.2, 0) is 13.0 Å². The molecule has 8 nitrogen and oxygen atoms in total. The minimum atomic E-state index is 0.452. The maximum Gasteiger partial charge on any atom is 0.137 e. The number of rotatable bonds is 5. The highest BCUT2D eigenvalue weighted by Crippen LogP contribution is 2.39. The summed E-state index contributed by atoms with van der Waals surface area (Å²) >= 11 is 0. The van der Waals surface area contributed by atoms with Crippen molar-refractivity contribution in [2.75, 3.05) is 48.8 Å². The second kappa shape index (κ2) is 11.3. The Morgan fingerprint density at radius 2 is 1.88 bits per heavy atom. The first-order valence-electron chi connectivity index (χ1n) is 15.3. The van der Waals surface area contributed by atoms with Gasteiger partial charge in [0, 0.05) is 41.2 Å². The molecule has 0 bridgehead atoms. The van der Waals surface area contributed by atoms with Crippen LogP contribution in [0.5, 0.6) is 5.75 Å². The number of fused-ring (bicyclic) bond motifs is 2. The van der Waals surface area contributed by atoms with Crippen LogP contribution in [0.2, 0.25) is 0 Å². The first kappa shape index (κ1) is 26.3. The van der Waals surface area contributed by atoms with Crippen molar-refractivity contribution in [3.63, 3.8) is 0 Å². The molecule has 214 valence electrons. The fourth-order valence-corrected chi connectivity index (χ4v) is 6.36. The van der Waals surface area contributed by atoms with Crippen LogP contribution in [-0.4, -0.2) is 59.2 Å². The summed E-state index contributed by atoms with van der Waals surface area (Å²) < 4.78 is 6.22. The zero-order valence-electron chi connectivity index (χ0n) is 24.3. The van der Waals surface area contributed by atoms with E-state index in [-0.39, 0.29) is 0 Å². The maximum absolute atomic E-state index is 6.22. The molecule has 7 rings (SSSR count). The van der Waals surface area contributed by atoms with Gasteiger partial charge in [-0.15, -0.1) is 0 Å². The molecule has 1 saturated heterocycles. The molecule has 41 heavy (non-hydrogen) atoms. The van der Waals surface area contributed by atoms with E-state index in [1.807, 2.05) is 6.20 Å². The molecule has 0 amide bonds. The van der Waals surface area contributed by atoms with Gasteiger partial charge in [0.25, 0.3) is 0 Å². The van der Waals surface area contributed by atoms with E-state index in [1.54, 1.807) is 6.33 Å². The van der Waals surface area contributed by atoms with Crippen molar-refractivity contribution in [1.82, 2.24) is 19.9 Å². The van der Waals surface area contributed by atoms with E-state index in [2.05, 4.69) is 69.7 Å². The molecule has 2 fully saturated rings. The van der Waals surface area contributed by atoms with Crippen LogP contribution in [0.1, 0.15) is 55.3 Å². The molecular weight excluding hydrogens is 510 g/mol. The summed E-state index contributed by atoms with van der Waals surface area (Å²) in [5.41, 5.74) is 8.29. The molecular formula is C33H41N7O. The monoisotopic (exact) mass is 551 g/mol. The van der Waals surface area contributed by atoms with Crippen LogP contribution in [0.4, 0.5) is 17.3 Å². The molecule has 2 aromatic heterocycles. The lowest BCUT2D eigenvalue weighted by Crippen LogP contribution is -2.37. The third kappa shape index (κ3) is 5.75. The van der Waals surface area contributed by atoms with Gasteiger partial charge in [-0.1, -0.05) is 12.1 Å². The molecule has 4 aliphatic rings. The summed E-state index contributed by atoms with van der Waals surface area (Å²) in [6, 6.07) is 9.29. The standard InChI is InChI=1S/C33H41N7O/c1-22-32(37-27-11-13-39(2)14-12-27)35-21-36-33(22)40-15-16-41-31-10-9-24(17-26(31)20-40)25-18-30-29(34-19-25)6-4-3-5-28(38-30)23-7-8-23/h5,9-10,17-19,21,23,27,38H,3-4,6-8,11-16,20H2,1-2H3,(H,35,36,37)/b28-5+. The number of likely N-dealkylation sites (tertiary alicyclic amines) is 1. The average molecular weight is 552 g/mol. The first-order chi connectivity index (χ1) is 20.1. The van der Waals surface area contributed by atoms with Gasteiger partial charge in [0.1, 0.15) is 30.3 Å². The number of nitrogens with one attached hydrogen (secondary N) is 2. The highest BCUT2D eigenvalue weighted by atomic mass is 16.5. The number of piperidine rings is 1. The lowest BCUT2D eigenvalue weighted by Gasteiger charge is -2.30. The van der Waals surface area contributed by atoms with E-state index >= 15 is 0 Å². The summed E-state index contributed by atoms with van der Waals surface area (Å²) in [6.45, 7) is 6.50. The van der Waals surface area contributed by atoms with Gasteiger partial charge in [-0.2, -0.15) is 0 Å². The Balaban J connectivity index is 1.13. The van der Waals surface area contributed by atoms with Crippen LogP contribution >= 0.6 is 0 Å². The molecule has 0 atom stereocenters. The van der Waals surface area contributed by atoms with Crippen LogP contribution in [0.3, 0.4) is 0 Å². The molecule has 5 heterocycles. The quantitative estimate of drug-likeness (QED) is 0.412. The third-order valence-corrected chi connectivity index (χ3v) is 9.04. The van der Waals surface area contributed by atoms with Crippen LogP contribution < -0.4 is 20.3 Å². The molecule has 1 aromatic carbocycles. The minimum absolute atomic E-state index is 0.452. The van der Waals surface area contributed by atoms with Gasteiger partial charge in [-0.25, -0.2) is 9.97 Å². The Morgan fingerprint density at radius 1 is 1.00 bits per heavy atom. The zero-order valence-corrected chi connectivity index (χ0v) is 24.3. The molecule has 0 radical (unpaired) electrons. The van der Waals surface area contributed by atoms with Crippen molar-refractivity contribution in [2.45, 2.75) is 64.5 Å². The van der Waals surface area contributed by atoms with Gasteiger partial charge in [0.15, 0.2) is 0 Å².